The van der Waals surface area contributed by atoms with Crippen molar-refractivity contribution < 1.29 is 24.1 Å². The minimum atomic E-state index is 0.0752. The molecule has 6 nitrogen and oxygen atoms in total. The Balaban J connectivity index is 1.20. The number of rotatable bonds is 7. The van der Waals surface area contributed by atoms with E-state index in [2.05, 4.69) is 23.5 Å². The molecule has 6 heteroatoms. The number of fused-ring (bicyclic) bond motifs is 1. The number of hydrogen-bond acceptors (Lipinski definition) is 3. The lowest BCUT2D eigenvalue weighted by Crippen LogP contribution is -3.28. The molecule has 2 heterocycles. The number of nitrogens with one attached hydrogen (secondary N) is 3. The molecule has 2 aliphatic rings. The predicted octanol–water partition coefficient (Wildman–Crippen LogP) is -0.0577. The molecule has 1 fully saturated rings. The standard InChI is InChI=1S/C23H29N3O3/c1-2-28-21-6-4-20(5-7-21)24-23(27)17-26-12-10-25(11-13-26)16-18-3-8-22-19(15-18)9-14-29-22/h3-8,15H,2,9-14,16-17H2,1H3,(H,24,27)/p+2. The first kappa shape index (κ1) is 19.7. The summed E-state index contributed by atoms with van der Waals surface area (Å²) in [5.41, 5.74) is 3.56. The van der Waals surface area contributed by atoms with Gasteiger partial charge in [-0.1, -0.05) is 0 Å². The van der Waals surface area contributed by atoms with Gasteiger partial charge in [-0.25, -0.2) is 0 Å². The molecule has 0 aliphatic carbocycles. The van der Waals surface area contributed by atoms with Gasteiger partial charge in [-0.05, 0) is 55.0 Å². The van der Waals surface area contributed by atoms with Gasteiger partial charge in [0.1, 0.15) is 44.2 Å². The lowest BCUT2D eigenvalue weighted by molar-refractivity contribution is -1.02. The molecule has 0 aromatic heterocycles. The Morgan fingerprint density at radius 1 is 1.07 bits per heavy atom. The quantitative estimate of drug-likeness (QED) is 0.614. The van der Waals surface area contributed by atoms with Crippen molar-refractivity contribution in [2.45, 2.75) is 19.9 Å². The van der Waals surface area contributed by atoms with E-state index in [1.165, 1.54) is 16.0 Å². The molecule has 2 aromatic rings. The third-order valence-electron chi connectivity index (χ3n) is 5.73. The van der Waals surface area contributed by atoms with Crippen LogP contribution >= 0.6 is 0 Å². The summed E-state index contributed by atoms with van der Waals surface area (Å²) >= 11 is 0. The van der Waals surface area contributed by atoms with Crippen LogP contribution in [0, 0.1) is 0 Å². The van der Waals surface area contributed by atoms with Gasteiger partial charge in [0.15, 0.2) is 6.54 Å². The van der Waals surface area contributed by atoms with Gasteiger partial charge in [-0.2, -0.15) is 0 Å². The Kier molecular flexibility index (Phi) is 6.32. The zero-order chi connectivity index (χ0) is 20.1. The first-order valence-corrected chi connectivity index (χ1v) is 10.6. The van der Waals surface area contributed by atoms with Crippen molar-refractivity contribution in [2.24, 2.45) is 0 Å². The van der Waals surface area contributed by atoms with E-state index in [1.807, 2.05) is 31.2 Å². The highest BCUT2D eigenvalue weighted by Gasteiger charge is 2.25. The number of amides is 1. The van der Waals surface area contributed by atoms with Gasteiger partial charge in [0.2, 0.25) is 0 Å². The second kappa shape index (κ2) is 9.29. The van der Waals surface area contributed by atoms with E-state index < -0.39 is 0 Å². The second-order valence-electron chi connectivity index (χ2n) is 7.90. The van der Waals surface area contributed by atoms with Crippen LogP contribution in [0.2, 0.25) is 0 Å². The van der Waals surface area contributed by atoms with Crippen LogP contribution in [0.1, 0.15) is 18.1 Å². The predicted molar refractivity (Wildman–Crippen MR) is 112 cm³/mol. The fourth-order valence-electron chi connectivity index (χ4n) is 4.18. The lowest BCUT2D eigenvalue weighted by Gasteiger charge is -2.29. The van der Waals surface area contributed by atoms with E-state index in [1.54, 1.807) is 4.90 Å². The molecule has 0 atom stereocenters. The monoisotopic (exact) mass is 397 g/mol. The summed E-state index contributed by atoms with van der Waals surface area (Å²) in [5.74, 6) is 1.95. The lowest BCUT2D eigenvalue weighted by atomic mass is 10.1. The zero-order valence-electron chi connectivity index (χ0n) is 17.1. The fourth-order valence-corrected chi connectivity index (χ4v) is 4.18. The van der Waals surface area contributed by atoms with Crippen molar-refractivity contribution >= 4 is 11.6 Å². The first-order valence-electron chi connectivity index (χ1n) is 10.6. The Hall–Kier alpha value is -2.57. The Labute approximate surface area is 172 Å². The molecular weight excluding hydrogens is 366 g/mol. The molecule has 2 aromatic carbocycles. The van der Waals surface area contributed by atoms with Crippen LogP contribution in [0.25, 0.3) is 0 Å². The molecular formula is C23H31N3O3+2. The largest absolute Gasteiger partial charge is 0.494 e. The summed E-state index contributed by atoms with van der Waals surface area (Å²) in [6, 6.07) is 14.2. The highest BCUT2D eigenvalue weighted by Crippen LogP contribution is 2.25. The maximum Gasteiger partial charge on any atom is 0.279 e. The van der Waals surface area contributed by atoms with E-state index in [-0.39, 0.29) is 5.91 Å². The van der Waals surface area contributed by atoms with E-state index in [0.717, 1.165) is 62.9 Å². The van der Waals surface area contributed by atoms with Crippen LogP contribution in [-0.2, 0) is 17.8 Å². The number of benzene rings is 2. The summed E-state index contributed by atoms with van der Waals surface area (Å²) in [5, 5.41) is 3.00. The number of anilines is 1. The first-order chi connectivity index (χ1) is 14.2. The van der Waals surface area contributed by atoms with Gasteiger partial charge in [0, 0.05) is 17.7 Å². The minimum absolute atomic E-state index is 0.0752. The number of hydrogen-bond donors (Lipinski definition) is 3. The van der Waals surface area contributed by atoms with E-state index in [9.17, 15) is 4.79 Å². The molecule has 3 N–H and O–H groups in total. The summed E-state index contributed by atoms with van der Waals surface area (Å²) in [4.78, 5) is 15.3. The average Bonchev–Trinajstić information content (AvgIpc) is 3.19. The van der Waals surface area contributed by atoms with Crippen LogP contribution in [0.3, 0.4) is 0 Å². The number of carbonyl (C=O) groups is 1. The highest BCUT2D eigenvalue weighted by atomic mass is 16.5. The number of quaternary nitrogens is 2. The molecule has 1 amide bonds. The molecule has 2 aliphatic heterocycles. The molecule has 0 saturated carbocycles. The molecule has 154 valence electrons. The zero-order valence-corrected chi connectivity index (χ0v) is 17.1. The second-order valence-corrected chi connectivity index (χ2v) is 7.90. The minimum Gasteiger partial charge on any atom is -0.494 e. The van der Waals surface area contributed by atoms with E-state index in [0.29, 0.717) is 13.2 Å². The average molecular weight is 398 g/mol. The Morgan fingerprint density at radius 3 is 2.59 bits per heavy atom. The smallest absolute Gasteiger partial charge is 0.279 e. The third-order valence-corrected chi connectivity index (χ3v) is 5.73. The molecule has 1 saturated heterocycles. The Morgan fingerprint density at radius 2 is 1.83 bits per heavy atom. The molecule has 0 bridgehead atoms. The van der Waals surface area contributed by atoms with Gasteiger partial charge >= 0.3 is 0 Å². The molecule has 0 spiro atoms. The van der Waals surface area contributed by atoms with Crippen molar-refractivity contribution in [3.63, 3.8) is 0 Å². The molecule has 29 heavy (non-hydrogen) atoms. The summed E-state index contributed by atoms with van der Waals surface area (Å²) in [6.07, 6.45) is 1.03. The molecule has 0 radical (unpaired) electrons. The summed E-state index contributed by atoms with van der Waals surface area (Å²) < 4.78 is 11.0. The maximum atomic E-state index is 12.4. The van der Waals surface area contributed by atoms with Crippen LogP contribution in [0.5, 0.6) is 11.5 Å². The Bertz CT molecular complexity index is 830. The topological polar surface area (TPSA) is 56.4 Å². The normalized spacial score (nSPS) is 20.6. The summed E-state index contributed by atoms with van der Waals surface area (Å²) in [7, 11) is 0. The highest BCUT2D eigenvalue weighted by molar-refractivity contribution is 5.91. The van der Waals surface area contributed by atoms with Gasteiger partial charge in [0.05, 0.1) is 13.2 Å². The number of piperazine rings is 1. The van der Waals surface area contributed by atoms with Crippen molar-refractivity contribution in [2.75, 3.05) is 51.3 Å². The van der Waals surface area contributed by atoms with Crippen LogP contribution in [-0.4, -0.2) is 51.8 Å². The maximum absolute atomic E-state index is 12.4. The number of ether oxygens (including phenoxy) is 2. The fraction of sp³-hybridized carbons (Fsp3) is 0.435. The van der Waals surface area contributed by atoms with Crippen molar-refractivity contribution in [3.05, 3.63) is 53.6 Å². The van der Waals surface area contributed by atoms with Crippen LogP contribution in [0.15, 0.2) is 42.5 Å². The number of carbonyl (C=O) groups excluding carboxylic acids is 1. The van der Waals surface area contributed by atoms with Gasteiger partial charge < -0.3 is 24.6 Å². The van der Waals surface area contributed by atoms with Crippen molar-refractivity contribution in [3.8, 4) is 11.5 Å². The molecule has 4 rings (SSSR count). The van der Waals surface area contributed by atoms with Gasteiger partial charge in [-0.3, -0.25) is 4.79 Å². The van der Waals surface area contributed by atoms with Gasteiger partial charge in [0.25, 0.3) is 5.91 Å². The van der Waals surface area contributed by atoms with Crippen LogP contribution < -0.4 is 24.6 Å². The van der Waals surface area contributed by atoms with E-state index in [4.69, 9.17) is 9.47 Å². The van der Waals surface area contributed by atoms with Gasteiger partial charge in [-0.15, -0.1) is 0 Å². The summed E-state index contributed by atoms with van der Waals surface area (Å²) in [6.45, 7) is 9.24. The van der Waals surface area contributed by atoms with E-state index >= 15 is 0 Å². The van der Waals surface area contributed by atoms with Crippen molar-refractivity contribution in [1.82, 2.24) is 0 Å². The molecule has 0 unspecified atom stereocenters. The third kappa shape index (κ3) is 5.28. The van der Waals surface area contributed by atoms with Crippen molar-refractivity contribution in [1.29, 1.82) is 0 Å². The SMILES string of the molecule is CCOc1ccc(NC(=O)C[NH+]2CC[NH+](Cc3ccc4c(c3)CCO4)CC2)cc1. The van der Waals surface area contributed by atoms with Crippen LogP contribution in [0.4, 0.5) is 5.69 Å².